The van der Waals surface area contributed by atoms with Gasteiger partial charge in [0, 0.05) is 6.92 Å². The molecule has 0 saturated heterocycles. The van der Waals surface area contributed by atoms with Gasteiger partial charge in [-0.15, -0.1) is 0 Å². The summed E-state index contributed by atoms with van der Waals surface area (Å²) < 4.78 is 5.08. The smallest absolute Gasteiger partial charge is 0.315 e. The van der Waals surface area contributed by atoms with Gasteiger partial charge in [0.15, 0.2) is 0 Å². The first-order chi connectivity index (χ1) is 9.97. The monoisotopic (exact) mass is 287 g/mol. The van der Waals surface area contributed by atoms with Gasteiger partial charge in [0.2, 0.25) is 5.91 Å². The number of furan rings is 2. The van der Waals surface area contributed by atoms with Crippen LogP contribution < -0.4 is 11.1 Å². The Balaban J connectivity index is 0.000000189. The van der Waals surface area contributed by atoms with Gasteiger partial charge in [0.25, 0.3) is 0 Å². The van der Waals surface area contributed by atoms with E-state index in [9.17, 15) is 14.9 Å². The standard InChI is InChI=1S/C8H9N3O3.C6H4O/c1-5(12)10-7-4-2-3-6(9)8(7)11(13)14;1-2-6-4-3-5(1)7-6/h2-4H,9H2,1H3,(H,10,12);1-4H. The summed E-state index contributed by atoms with van der Waals surface area (Å²) in [7, 11) is 0. The Morgan fingerprint density at radius 1 is 1.19 bits per heavy atom. The normalized spacial score (nSPS) is 9.95. The highest BCUT2D eigenvalue weighted by Gasteiger charge is 2.17. The summed E-state index contributed by atoms with van der Waals surface area (Å²) in [6.45, 7) is 1.27. The van der Waals surface area contributed by atoms with E-state index in [1.807, 2.05) is 24.3 Å². The Morgan fingerprint density at radius 3 is 2.14 bits per heavy atom. The molecule has 0 atom stereocenters. The highest BCUT2D eigenvalue weighted by molar-refractivity contribution is 5.93. The molecule has 0 radical (unpaired) electrons. The minimum Gasteiger partial charge on any atom is -0.457 e. The molecule has 1 aromatic carbocycles. The SMILES string of the molecule is CC(=O)Nc1cccc(N)c1[N+](=O)[O-].c1cc2ccc1o2. The number of nitrogens with two attached hydrogens (primary N) is 1. The zero-order valence-corrected chi connectivity index (χ0v) is 11.2. The second-order valence-electron chi connectivity index (χ2n) is 4.26. The minimum absolute atomic E-state index is 0.0289. The van der Waals surface area contributed by atoms with Gasteiger partial charge in [-0.3, -0.25) is 14.9 Å². The zero-order chi connectivity index (χ0) is 15.4. The maximum absolute atomic E-state index is 10.7. The van der Waals surface area contributed by atoms with Gasteiger partial charge >= 0.3 is 5.69 Å². The zero-order valence-electron chi connectivity index (χ0n) is 11.2. The Labute approximate surface area is 119 Å². The summed E-state index contributed by atoms with van der Waals surface area (Å²) >= 11 is 0. The number of benzene rings is 2. The van der Waals surface area contributed by atoms with E-state index in [-0.39, 0.29) is 23.0 Å². The second kappa shape index (κ2) is 5.91. The fourth-order valence-electron chi connectivity index (χ4n) is 1.77. The van der Waals surface area contributed by atoms with Gasteiger partial charge in [-0.1, -0.05) is 6.07 Å². The molecule has 0 unspecified atom stereocenters. The summed E-state index contributed by atoms with van der Waals surface area (Å²) in [5.74, 6) is -0.376. The maximum Gasteiger partial charge on any atom is 0.315 e. The lowest BCUT2D eigenvalue weighted by Crippen LogP contribution is -2.09. The average molecular weight is 287 g/mol. The second-order valence-corrected chi connectivity index (χ2v) is 4.26. The number of rotatable bonds is 2. The Kier molecular flexibility index (Phi) is 4.03. The van der Waals surface area contributed by atoms with Crippen molar-refractivity contribution in [2.45, 2.75) is 6.92 Å². The summed E-state index contributed by atoms with van der Waals surface area (Å²) in [5, 5.41) is 12.9. The first-order valence-electron chi connectivity index (χ1n) is 6.06. The molecule has 3 N–H and O–H groups in total. The van der Waals surface area contributed by atoms with E-state index in [0.717, 1.165) is 11.2 Å². The number of nitrogen functional groups attached to an aromatic ring is 1. The van der Waals surface area contributed by atoms with Crippen LogP contribution in [0, 0.1) is 10.1 Å². The van der Waals surface area contributed by atoms with Crippen molar-refractivity contribution in [3.05, 3.63) is 52.6 Å². The fraction of sp³-hybridized carbons (Fsp3) is 0.0714. The van der Waals surface area contributed by atoms with Gasteiger partial charge in [0.1, 0.15) is 22.5 Å². The van der Waals surface area contributed by atoms with Gasteiger partial charge in [-0.05, 0) is 36.4 Å². The van der Waals surface area contributed by atoms with E-state index in [0.29, 0.717) is 0 Å². The maximum atomic E-state index is 10.7. The highest BCUT2D eigenvalue weighted by atomic mass is 16.6. The van der Waals surface area contributed by atoms with Gasteiger partial charge in [-0.2, -0.15) is 0 Å². The number of carbonyl (C=O) groups is 1. The molecular weight excluding hydrogens is 274 g/mol. The topological polar surface area (TPSA) is 111 Å². The van der Waals surface area contributed by atoms with Crippen LogP contribution in [0.5, 0.6) is 0 Å². The van der Waals surface area contributed by atoms with E-state index < -0.39 is 4.92 Å². The number of hydrogen-bond acceptors (Lipinski definition) is 5. The Morgan fingerprint density at radius 2 is 1.76 bits per heavy atom. The molecule has 3 rings (SSSR count). The molecule has 0 spiro atoms. The third-order valence-electron chi connectivity index (χ3n) is 2.62. The fourth-order valence-corrected chi connectivity index (χ4v) is 1.77. The van der Waals surface area contributed by atoms with Crippen LogP contribution in [-0.4, -0.2) is 10.8 Å². The molecule has 7 heteroatoms. The molecule has 108 valence electrons. The molecule has 0 aliphatic carbocycles. The predicted molar refractivity (Wildman–Crippen MR) is 79.2 cm³/mol. The highest BCUT2D eigenvalue weighted by Crippen LogP contribution is 2.30. The third-order valence-corrected chi connectivity index (χ3v) is 2.62. The van der Waals surface area contributed by atoms with Crippen LogP contribution in [0.25, 0.3) is 11.2 Å². The number of nitro groups is 1. The lowest BCUT2D eigenvalue weighted by molar-refractivity contribution is -0.383. The van der Waals surface area contributed by atoms with Crippen molar-refractivity contribution in [3.63, 3.8) is 0 Å². The van der Waals surface area contributed by atoms with Crippen molar-refractivity contribution in [2.75, 3.05) is 11.1 Å². The average Bonchev–Trinajstić information content (AvgIpc) is 3.02. The van der Waals surface area contributed by atoms with Crippen LogP contribution in [0.3, 0.4) is 0 Å². The lowest BCUT2D eigenvalue weighted by atomic mass is 10.2. The Hall–Kier alpha value is -3.09. The molecule has 1 amide bonds. The van der Waals surface area contributed by atoms with Gasteiger partial charge < -0.3 is 15.5 Å². The molecule has 0 aliphatic heterocycles. The number of nitrogens with one attached hydrogen (secondary N) is 1. The van der Waals surface area contributed by atoms with E-state index in [1.165, 1.54) is 25.1 Å². The molecule has 21 heavy (non-hydrogen) atoms. The van der Waals surface area contributed by atoms with Crippen LogP contribution in [0.15, 0.2) is 46.9 Å². The number of carbonyl (C=O) groups excluding carboxylic acids is 1. The lowest BCUT2D eigenvalue weighted by Gasteiger charge is -2.04. The van der Waals surface area contributed by atoms with Crippen molar-refractivity contribution in [1.82, 2.24) is 0 Å². The van der Waals surface area contributed by atoms with Gasteiger partial charge in [0.05, 0.1) is 4.92 Å². The third kappa shape index (κ3) is 3.47. The van der Waals surface area contributed by atoms with Crippen molar-refractivity contribution >= 4 is 34.1 Å². The predicted octanol–water partition coefficient (Wildman–Crippen LogP) is 3.01. The summed E-state index contributed by atoms with van der Waals surface area (Å²) in [5.41, 5.74) is 7.21. The molecule has 3 aromatic rings. The number of nitro benzene ring substituents is 1. The van der Waals surface area contributed by atoms with Crippen molar-refractivity contribution < 1.29 is 14.1 Å². The number of anilines is 2. The molecule has 7 nitrogen and oxygen atoms in total. The van der Waals surface area contributed by atoms with E-state index in [1.54, 1.807) is 0 Å². The number of amides is 1. The number of fused-ring (bicyclic) bond motifs is 2. The summed E-state index contributed by atoms with van der Waals surface area (Å²) in [4.78, 5) is 20.7. The first-order valence-corrected chi connectivity index (χ1v) is 6.06. The molecule has 2 bridgehead atoms. The van der Waals surface area contributed by atoms with Crippen LogP contribution >= 0.6 is 0 Å². The van der Waals surface area contributed by atoms with E-state index in [2.05, 4.69) is 5.32 Å². The van der Waals surface area contributed by atoms with Crippen LogP contribution in [-0.2, 0) is 4.79 Å². The molecule has 0 aliphatic rings. The van der Waals surface area contributed by atoms with Gasteiger partial charge in [-0.25, -0.2) is 0 Å². The van der Waals surface area contributed by atoms with Crippen LogP contribution in [0.2, 0.25) is 0 Å². The van der Waals surface area contributed by atoms with Crippen molar-refractivity contribution in [2.24, 2.45) is 0 Å². The molecule has 2 heterocycles. The number of hydrogen-bond donors (Lipinski definition) is 2. The first kappa shape index (κ1) is 14.3. The summed E-state index contributed by atoms with van der Waals surface area (Å²) in [6, 6.07) is 12.2. The number of nitrogens with zero attached hydrogens (tertiary/aromatic N) is 1. The van der Waals surface area contributed by atoms with Crippen LogP contribution in [0.4, 0.5) is 17.1 Å². The number of para-hydroxylation sites is 1. The molecule has 2 aromatic heterocycles. The largest absolute Gasteiger partial charge is 0.457 e. The van der Waals surface area contributed by atoms with Crippen LogP contribution in [0.1, 0.15) is 6.92 Å². The molecule has 0 saturated carbocycles. The van der Waals surface area contributed by atoms with Crippen molar-refractivity contribution in [3.8, 4) is 0 Å². The Bertz CT molecular complexity index is 721. The summed E-state index contributed by atoms with van der Waals surface area (Å²) in [6.07, 6.45) is 0. The van der Waals surface area contributed by atoms with E-state index >= 15 is 0 Å². The van der Waals surface area contributed by atoms with E-state index in [4.69, 9.17) is 10.2 Å². The van der Waals surface area contributed by atoms with Crippen molar-refractivity contribution in [1.29, 1.82) is 0 Å². The molecular formula is C14H13N3O4. The quantitative estimate of drug-likeness (QED) is 0.427. The minimum atomic E-state index is -0.624. The molecule has 0 fully saturated rings.